The van der Waals surface area contributed by atoms with Crippen molar-refractivity contribution in [3.05, 3.63) is 62.9 Å². The van der Waals surface area contributed by atoms with Crippen LogP contribution in [-0.4, -0.2) is 17.3 Å². The van der Waals surface area contributed by atoms with E-state index in [-0.39, 0.29) is 0 Å². The predicted molar refractivity (Wildman–Crippen MR) is 108 cm³/mol. The molecule has 0 saturated heterocycles. The minimum atomic E-state index is -0.493. The lowest BCUT2D eigenvalue weighted by Gasteiger charge is -2.08. The van der Waals surface area contributed by atoms with Crippen molar-refractivity contribution < 1.29 is 9.15 Å². The lowest BCUT2D eigenvalue weighted by molar-refractivity contribution is 0.417. The standard InChI is InChI=1S/C18H11Cl2N3O3S/c1-25-15-5-3-11(20)8-13(15)21-18-23-22-16(27-18)12-7-9-6-10(19)2-4-14(9)26-17(12)24/h2-8H,1H3,(H,21,23). The van der Waals surface area contributed by atoms with Gasteiger partial charge in [0, 0.05) is 15.4 Å². The number of nitrogens with zero attached hydrogens (tertiary/aromatic N) is 2. The van der Waals surface area contributed by atoms with Crippen LogP contribution in [0.4, 0.5) is 10.8 Å². The van der Waals surface area contributed by atoms with Crippen molar-refractivity contribution in [2.45, 2.75) is 0 Å². The van der Waals surface area contributed by atoms with Crippen LogP contribution in [0.15, 0.2) is 51.7 Å². The van der Waals surface area contributed by atoms with Gasteiger partial charge in [-0.1, -0.05) is 34.5 Å². The SMILES string of the molecule is COc1ccc(Cl)cc1Nc1nnc(-c2cc3cc(Cl)ccc3oc2=O)s1. The molecule has 4 aromatic rings. The van der Waals surface area contributed by atoms with Crippen LogP contribution in [0.2, 0.25) is 10.0 Å². The van der Waals surface area contributed by atoms with Gasteiger partial charge in [0.25, 0.3) is 0 Å². The third kappa shape index (κ3) is 3.62. The first-order valence-electron chi connectivity index (χ1n) is 7.71. The van der Waals surface area contributed by atoms with Crippen LogP contribution in [0.5, 0.6) is 5.75 Å². The molecule has 27 heavy (non-hydrogen) atoms. The molecule has 0 unspecified atom stereocenters. The second kappa shape index (κ2) is 7.19. The summed E-state index contributed by atoms with van der Waals surface area (Å²) in [7, 11) is 1.56. The molecule has 0 spiro atoms. The van der Waals surface area contributed by atoms with Gasteiger partial charge in [-0.15, -0.1) is 10.2 Å². The van der Waals surface area contributed by atoms with E-state index in [0.717, 1.165) is 0 Å². The van der Waals surface area contributed by atoms with Gasteiger partial charge in [0.1, 0.15) is 11.3 Å². The largest absolute Gasteiger partial charge is 0.495 e. The van der Waals surface area contributed by atoms with Crippen molar-refractivity contribution >= 4 is 56.3 Å². The molecule has 0 atom stereocenters. The number of methoxy groups -OCH3 is 1. The van der Waals surface area contributed by atoms with E-state index in [2.05, 4.69) is 15.5 Å². The molecule has 0 amide bonds. The van der Waals surface area contributed by atoms with Gasteiger partial charge in [0.05, 0.1) is 18.4 Å². The van der Waals surface area contributed by atoms with E-state index in [9.17, 15) is 4.79 Å². The van der Waals surface area contributed by atoms with Gasteiger partial charge in [0.15, 0.2) is 5.01 Å². The monoisotopic (exact) mass is 419 g/mol. The minimum absolute atomic E-state index is 0.313. The molecule has 2 aromatic carbocycles. The average Bonchev–Trinajstić information content (AvgIpc) is 3.10. The van der Waals surface area contributed by atoms with Crippen LogP contribution >= 0.6 is 34.5 Å². The fourth-order valence-corrected chi connectivity index (χ4v) is 3.63. The minimum Gasteiger partial charge on any atom is -0.495 e. The van der Waals surface area contributed by atoms with Crippen LogP contribution in [0.1, 0.15) is 0 Å². The Hall–Kier alpha value is -2.61. The molecule has 2 aromatic heterocycles. The van der Waals surface area contributed by atoms with Gasteiger partial charge in [0.2, 0.25) is 5.13 Å². The molecule has 0 bridgehead atoms. The van der Waals surface area contributed by atoms with Gasteiger partial charge < -0.3 is 14.5 Å². The Morgan fingerprint density at radius 3 is 2.67 bits per heavy atom. The number of ether oxygens (including phenoxy) is 1. The van der Waals surface area contributed by atoms with Gasteiger partial charge in [-0.25, -0.2) is 4.79 Å². The van der Waals surface area contributed by atoms with Crippen LogP contribution in [-0.2, 0) is 0 Å². The first-order chi connectivity index (χ1) is 13.0. The molecule has 4 rings (SSSR count). The van der Waals surface area contributed by atoms with Crippen molar-refractivity contribution in [2.24, 2.45) is 0 Å². The molecule has 0 fully saturated rings. The van der Waals surface area contributed by atoms with E-state index in [4.69, 9.17) is 32.4 Å². The number of anilines is 2. The maximum Gasteiger partial charge on any atom is 0.346 e. The zero-order valence-corrected chi connectivity index (χ0v) is 16.2. The predicted octanol–water partition coefficient (Wildman–Crippen LogP) is 5.37. The van der Waals surface area contributed by atoms with Crippen molar-refractivity contribution in [1.29, 1.82) is 0 Å². The first-order valence-corrected chi connectivity index (χ1v) is 9.28. The number of fused-ring (bicyclic) bond motifs is 1. The summed E-state index contributed by atoms with van der Waals surface area (Å²) in [5.41, 5.74) is 0.922. The van der Waals surface area contributed by atoms with Crippen molar-refractivity contribution in [1.82, 2.24) is 10.2 Å². The van der Waals surface area contributed by atoms with E-state index in [1.54, 1.807) is 49.6 Å². The van der Waals surface area contributed by atoms with Crippen molar-refractivity contribution in [2.75, 3.05) is 12.4 Å². The Labute approximate surface area is 167 Å². The molecule has 0 aliphatic heterocycles. The molecule has 9 heteroatoms. The number of halogens is 2. The Kier molecular flexibility index (Phi) is 4.73. The smallest absolute Gasteiger partial charge is 0.346 e. The van der Waals surface area contributed by atoms with E-state index < -0.39 is 5.63 Å². The Bertz CT molecular complexity index is 1210. The number of rotatable bonds is 4. The van der Waals surface area contributed by atoms with Crippen LogP contribution in [0.3, 0.4) is 0 Å². The highest BCUT2D eigenvalue weighted by atomic mass is 35.5. The third-order valence-corrected chi connectivity index (χ3v) is 5.09. The summed E-state index contributed by atoms with van der Waals surface area (Å²) in [4.78, 5) is 12.3. The van der Waals surface area contributed by atoms with Gasteiger partial charge in [-0.3, -0.25) is 0 Å². The Morgan fingerprint density at radius 1 is 1.07 bits per heavy atom. The highest BCUT2D eigenvalue weighted by molar-refractivity contribution is 7.18. The topological polar surface area (TPSA) is 77.2 Å². The summed E-state index contributed by atoms with van der Waals surface area (Å²) in [5, 5.41) is 14.0. The van der Waals surface area contributed by atoms with E-state index in [0.29, 0.717) is 48.2 Å². The van der Waals surface area contributed by atoms with Gasteiger partial charge in [-0.05, 0) is 42.5 Å². The average molecular weight is 420 g/mol. The summed E-state index contributed by atoms with van der Waals surface area (Å²) in [5.74, 6) is 0.607. The summed E-state index contributed by atoms with van der Waals surface area (Å²) in [6.07, 6.45) is 0. The molecule has 0 radical (unpaired) electrons. The highest BCUT2D eigenvalue weighted by Crippen LogP contribution is 2.33. The molecule has 1 N–H and O–H groups in total. The Morgan fingerprint density at radius 2 is 1.85 bits per heavy atom. The second-order valence-corrected chi connectivity index (χ2v) is 7.36. The molecule has 0 aliphatic carbocycles. The summed E-state index contributed by atoms with van der Waals surface area (Å²) in [6, 6.07) is 11.9. The molecule has 6 nitrogen and oxygen atoms in total. The molecule has 2 heterocycles. The fraction of sp³-hybridized carbons (Fsp3) is 0.0556. The number of aromatic nitrogens is 2. The summed E-state index contributed by atoms with van der Waals surface area (Å²) in [6.45, 7) is 0. The molecular formula is C18H11Cl2N3O3S. The lowest BCUT2D eigenvalue weighted by atomic mass is 10.2. The van der Waals surface area contributed by atoms with Crippen molar-refractivity contribution in [3.63, 3.8) is 0 Å². The first kappa shape index (κ1) is 17.8. The number of nitrogens with one attached hydrogen (secondary N) is 1. The van der Waals surface area contributed by atoms with Crippen LogP contribution < -0.4 is 15.7 Å². The number of benzene rings is 2. The third-order valence-electron chi connectivity index (χ3n) is 3.75. The summed E-state index contributed by atoms with van der Waals surface area (Å²) < 4.78 is 10.6. The van der Waals surface area contributed by atoms with Gasteiger partial charge >= 0.3 is 5.63 Å². The van der Waals surface area contributed by atoms with Crippen LogP contribution in [0, 0.1) is 0 Å². The quantitative estimate of drug-likeness (QED) is 0.448. The normalized spacial score (nSPS) is 10.9. The number of hydrogen-bond acceptors (Lipinski definition) is 7. The maximum absolute atomic E-state index is 12.3. The molecule has 0 aliphatic rings. The van der Waals surface area contributed by atoms with E-state index in [1.165, 1.54) is 11.3 Å². The molecular weight excluding hydrogens is 409 g/mol. The summed E-state index contributed by atoms with van der Waals surface area (Å²) >= 11 is 13.3. The van der Waals surface area contributed by atoms with Gasteiger partial charge in [-0.2, -0.15) is 0 Å². The zero-order valence-electron chi connectivity index (χ0n) is 13.8. The van der Waals surface area contributed by atoms with E-state index >= 15 is 0 Å². The second-order valence-electron chi connectivity index (χ2n) is 5.51. The Balaban J connectivity index is 1.71. The van der Waals surface area contributed by atoms with Crippen molar-refractivity contribution in [3.8, 4) is 16.3 Å². The molecule has 0 saturated carbocycles. The highest BCUT2D eigenvalue weighted by Gasteiger charge is 2.15. The van der Waals surface area contributed by atoms with Crippen LogP contribution in [0.25, 0.3) is 21.5 Å². The number of hydrogen-bond donors (Lipinski definition) is 1. The molecule has 136 valence electrons. The van der Waals surface area contributed by atoms with E-state index in [1.807, 2.05) is 0 Å². The zero-order chi connectivity index (χ0) is 19.0. The maximum atomic E-state index is 12.3. The fourth-order valence-electron chi connectivity index (χ4n) is 2.52. The lowest BCUT2D eigenvalue weighted by Crippen LogP contribution is -2.02.